The summed E-state index contributed by atoms with van der Waals surface area (Å²) in [5.74, 6) is -2.19. The molecule has 28 heavy (non-hydrogen) atoms. The summed E-state index contributed by atoms with van der Waals surface area (Å²) < 4.78 is 5.02. The van der Waals surface area contributed by atoms with Crippen LogP contribution in [0.2, 0.25) is 0 Å². The van der Waals surface area contributed by atoms with E-state index in [9.17, 15) is 19.2 Å². The van der Waals surface area contributed by atoms with Crippen LogP contribution >= 0.6 is 0 Å². The Labute approximate surface area is 164 Å². The van der Waals surface area contributed by atoms with Crippen molar-refractivity contribution in [3.05, 3.63) is 35.9 Å². The van der Waals surface area contributed by atoms with Gasteiger partial charge in [0.25, 0.3) is 5.91 Å². The van der Waals surface area contributed by atoms with Crippen molar-refractivity contribution in [3.8, 4) is 0 Å². The molecule has 1 aromatic carbocycles. The minimum atomic E-state index is -0.601. The molecule has 0 unspecified atom stereocenters. The quantitative estimate of drug-likeness (QED) is 0.640. The van der Waals surface area contributed by atoms with E-state index in [0.717, 1.165) is 5.56 Å². The monoisotopic (exact) mass is 389 g/mol. The number of hydrogen-bond donors (Lipinski definition) is 2. The van der Waals surface area contributed by atoms with Crippen LogP contribution in [0.3, 0.4) is 0 Å². The van der Waals surface area contributed by atoms with Gasteiger partial charge in [-0.15, -0.1) is 0 Å². The van der Waals surface area contributed by atoms with E-state index in [-0.39, 0.29) is 43.4 Å². The van der Waals surface area contributed by atoms with Gasteiger partial charge in [0.15, 0.2) is 6.61 Å². The number of nitrogens with zero attached hydrogens (tertiary/aromatic N) is 1. The largest absolute Gasteiger partial charge is 0.455 e. The van der Waals surface area contributed by atoms with Crippen LogP contribution in [0.5, 0.6) is 0 Å². The number of rotatable bonds is 8. The van der Waals surface area contributed by atoms with Crippen LogP contribution in [0.15, 0.2) is 30.3 Å². The summed E-state index contributed by atoms with van der Waals surface area (Å²) in [6.07, 6.45) is 0.0639. The lowest BCUT2D eigenvalue weighted by atomic mass is 10.1. The summed E-state index contributed by atoms with van der Waals surface area (Å²) in [6.45, 7) is 5.13. The second-order valence-electron chi connectivity index (χ2n) is 7.14. The second kappa shape index (κ2) is 9.87. The molecular formula is C20H27N3O5. The lowest BCUT2D eigenvalue weighted by Gasteiger charge is -2.25. The number of benzene rings is 1. The predicted octanol–water partition coefficient (Wildman–Crippen LogP) is 0.780. The van der Waals surface area contributed by atoms with Crippen molar-refractivity contribution in [2.45, 2.75) is 39.3 Å². The van der Waals surface area contributed by atoms with Crippen LogP contribution in [-0.2, 0) is 23.9 Å². The van der Waals surface area contributed by atoms with Gasteiger partial charge >= 0.3 is 5.97 Å². The molecule has 0 aromatic heterocycles. The van der Waals surface area contributed by atoms with E-state index in [1.165, 1.54) is 0 Å². The molecule has 0 spiro atoms. The third-order valence-electron chi connectivity index (χ3n) is 4.48. The van der Waals surface area contributed by atoms with Gasteiger partial charge in [-0.25, -0.2) is 0 Å². The van der Waals surface area contributed by atoms with Crippen LogP contribution in [0.25, 0.3) is 0 Å². The van der Waals surface area contributed by atoms with E-state index < -0.39 is 24.4 Å². The predicted molar refractivity (Wildman–Crippen MR) is 102 cm³/mol. The van der Waals surface area contributed by atoms with Crippen LogP contribution in [0, 0.1) is 5.92 Å². The Morgan fingerprint density at radius 2 is 1.82 bits per heavy atom. The minimum absolute atomic E-state index is 0.0247. The zero-order chi connectivity index (χ0) is 20.7. The first kappa shape index (κ1) is 21.4. The molecule has 1 aliphatic heterocycles. The van der Waals surface area contributed by atoms with Crippen LogP contribution in [0.1, 0.15) is 38.8 Å². The first-order valence-electron chi connectivity index (χ1n) is 9.35. The molecule has 1 fully saturated rings. The molecule has 2 N–H and O–H groups in total. The Morgan fingerprint density at radius 1 is 1.14 bits per heavy atom. The molecule has 0 bridgehead atoms. The number of ether oxygens (including phenoxy) is 1. The summed E-state index contributed by atoms with van der Waals surface area (Å²) in [6, 6.07) is 9.40. The fourth-order valence-corrected chi connectivity index (χ4v) is 3.03. The Morgan fingerprint density at radius 3 is 2.46 bits per heavy atom. The Bertz CT molecular complexity index is 720. The van der Waals surface area contributed by atoms with E-state index in [4.69, 9.17) is 4.74 Å². The number of carbonyl (C=O) groups is 4. The van der Waals surface area contributed by atoms with Gasteiger partial charge in [-0.1, -0.05) is 30.3 Å². The number of hydrogen-bond acceptors (Lipinski definition) is 5. The van der Waals surface area contributed by atoms with Crippen molar-refractivity contribution in [1.29, 1.82) is 0 Å². The number of amides is 3. The van der Waals surface area contributed by atoms with Gasteiger partial charge in [-0.3, -0.25) is 19.2 Å². The number of esters is 1. The highest BCUT2D eigenvalue weighted by atomic mass is 16.5. The lowest BCUT2D eigenvalue weighted by molar-refractivity contribution is -0.152. The molecule has 1 aliphatic rings. The fraction of sp³-hybridized carbons (Fsp3) is 0.500. The maximum absolute atomic E-state index is 12.3. The van der Waals surface area contributed by atoms with Gasteiger partial charge < -0.3 is 20.3 Å². The topological polar surface area (TPSA) is 105 Å². The first-order chi connectivity index (χ1) is 13.3. The molecule has 152 valence electrons. The Balaban J connectivity index is 1.78. The van der Waals surface area contributed by atoms with Crippen molar-refractivity contribution >= 4 is 23.7 Å². The van der Waals surface area contributed by atoms with Gasteiger partial charge in [0.2, 0.25) is 11.8 Å². The second-order valence-corrected chi connectivity index (χ2v) is 7.14. The number of carbonyl (C=O) groups excluding carboxylic acids is 4. The van der Waals surface area contributed by atoms with Gasteiger partial charge in [-0.05, 0) is 26.3 Å². The summed E-state index contributed by atoms with van der Waals surface area (Å²) in [7, 11) is 0. The van der Waals surface area contributed by atoms with E-state index >= 15 is 0 Å². The molecule has 0 aliphatic carbocycles. The van der Waals surface area contributed by atoms with Crippen LogP contribution < -0.4 is 10.6 Å². The molecule has 1 aromatic rings. The lowest BCUT2D eigenvalue weighted by Crippen LogP contribution is -2.41. The average Bonchev–Trinajstić information content (AvgIpc) is 3.05. The molecule has 3 amide bonds. The number of likely N-dealkylation sites (tertiary alicyclic amines) is 1. The molecular weight excluding hydrogens is 362 g/mol. The molecule has 1 heterocycles. The van der Waals surface area contributed by atoms with Crippen LogP contribution in [0.4, 0.5) is 0 Å². The summed E-state index contributed by atoms with van der Waals surface area (Å²) >= 11 is 0. The fourth-order valence-electron chi connectivity index (χ4n) is 3.03. The highest BCUT2D eigenvalue weighted by Gasteiger charge is 2.38. The average molecular weight is 389 g/mol. The van der Waals surface area contributed by atoms with Crippen molar-refractivity contribution in [1.82, 2.24) is 15.5 Å². The molecule has 8 heteroatoms. The van der Waals surface area contributed by atoms with E-state index in [2.05, 4.69) is 10.6 Å². The molecule has 2 rings (SSSR count). The molecule has 0 saturated carbocycles. The molecule has 1 saturated heterocycles. The molecule has 0 radical (unpaired) electrons. The maximum atomic E-state index is 12.3. The number of nitrogens with one attached hydrogen (secondary N) is 2. The first-order valence-corrected chi connectivity index (χ1v) is 9.35. The SMILES string of the molecule is CC(C)NC(=O)CNC(=O)COC(=O)[C@H]1CC(=O)N([C@@H](C)c2ccccc2)C1. The van der Waals surface area contributed by atoms with Gasteiger partial charge in [-0.2, -0.15) is 0 Å². The molecule has 8 nitrogen and oxygen atoms in total. The summed E-state index contributed by atoms with van der Waals surface area (Å²) in [5.41, 5.74) is 0.990. The van der Waals surface area contributed by atoms with Crippen molar-refractivity contribution in [2.24, 2.45) is 5.92 Å². The third-order valence-corrected chi connectivity index (χ3v) is 4.48. The minimum Gasteiger partial charge on any atom is -0.455 e. The highest BCUT2D eigenvalue weighted by molar-refractivity contribution is 5.89. The van der Waals surface area contributed by atoms with Crippen molar-refractivity contribution in [3.63, 3.8) is 0 Å². The smallest absolute Gasteiger partial charge is 0.311 e. The standard InChI is InChI=1S/C20H27N3O5/c1-13(2)22-17(24)10-21-18(25)12-28-20(27)16-9-19(26)23(11-16)14(3)15-7-5-4-6-8-15/h4-8,13-14,16H,9-12H2,1-3H3,(H,21,25)(H,22,24)/t14-,16-/m0/s1. The normalized spacial score (nSPS) is 17.4. The van der Waals surface area contributed by atoms with Crippen LogP contribution in [-0.4, -0.2) is 54.3 Å². The van der Waals surface area contributed by atoms with Crippen molar-refractivity contribution < 1.29 is 23.9 Å². The molecule has 2 atom stereocenters. The Kier molecular flexibility index (Phi) is 7.54. The zero-order valence-corrected chi connectivity index (χ0v) is 16.4. The summed E-state index contributed by atoms with van der Waals surface area (Å²) in [4.78, 5) is 49.4. The van der Waals surface area contributed by atoms with Crippen molar-refractivity contribution in [2.75, 3.05) is 19.7 Å². The van der Waals surface area contributed by atoms with E-state index in [0.29, 0.717) is 0 Å². The van der Waals surface area contributed by atoms with Gasteiger partial charge in [0.1, 0.15) is 0 Å². The zero-order valence-electron chi connectivity index (χ0n) is 16.4. The summed E-state index contributed by atoms with van der Waals surface area (Å²) in [5, 5.41) is 5.02. The third kappa shape index (κ3) is 6.07. The van der Waals surface area contributed by atoms with E-state index in [1.807, 2.05) is 51.1 Å². The highest BCUT2D eigenvalue weighted by Crippen LogP contribution is 2.28. The van der Waals surface area contributed by atoms with Gasteiger partial charge in [0.05, 0.1) is 18.5 Å². The van der Waals surface area contributed by atoms with Gasteiger partial charge in [0, 0.05) is 19.0 Å². The van der Waals surface area contributed by atoms with E-state index in [1.54, 1.807) is 4.90 Å². The Hall–Kier alpha value is -2.90. The maximum Gasteiger partial charge on any atom is 0.311 e.